The fourth-order valence-electron chi connectivity index (χ4n) is 1.74. The van der Waals surface area contributed by atoms with Gasteiger partial charge in [0, 0.05) is 6.07 Å². The Kier molecular flexibility index (Phi) is 6.58. The molecule has 0 radical (unpaired) electrons. The predicted octanol–water partition coefficient (Wildman–Crippen LogP) is 4.77. The van der Waals surface area contributed by atoms with Gasteiger partial charge in [-0.05, 0) is 53.7 Å². The number of hydrogen-bond donors (Lipinski definition) is 1. The zero-order valence-corrected chi connectivity index (χ0v) is 15.9. The van der Waals surface area contributed by atoms with E-state index >= 15 is 0 Å². The summed E-state index contributed by atoms with van der Waals surface area (Å²) in [5.41, 5.74) is 0.281. The molecule has 10 heteroatoms. The van der Waals surface area contributed by atoms with E-state index in [0.717, 1.165) is 12.1 Å². The number of nitrogens with one attached hydrogen (secondary N) is 1. The number of benzene rings is 1. The van der Waals surface area contributed by atoms with Gasteiger partial charge in [-0.2, -0.15) is 5.01 Å². The maximum atomic E-state index is 12.4. The summed E-state index contributed by atoms with van der Waals surface area (Å²) < 4.78 is 51.4. The lowest BCUT2D eigenvalue weighted by molar-refractivity contribution is -0.274. The van der Waals surface area contributed by atoms with E-state index in [-0.39, 0.29) is 5.69 Å². The molecule has 0 unspecified atom stereocenters. The van der Waals surface area contributed by atoms with Crippen LogP contribution in [0.3, 0.4) is 0 Å². The van der Waals surface area contributed by atoms with Crippen LogP contribution < -0.4 is 15.2 Å². The standard InChI is InChI=1S/C17H23F3N2O5/c1-15(2,3)26-13(23)21-22(14(24)27-16(4,5)6)11-8-7-9-12(10-11)25-17(18,19)20/h7-10H,1-6H3,(H,21,23). The highest BCUT2D eigenvalue weighted by Crippen LogP contribution is 2.27. The monoisotopic (exact) mass is 392 g/mol. The van der Waals surface area contributed by atoms with Crippen molar-refractivity contribution < 1.29 is 37.0 Å². The molecule has 0 saturated heterocycles. The van der Waals surface area contributed by atoms with E-state index in [2.05, 4.69) is 10.2 Å². The van der Waals surface area contributed by atoms with Crippen molar-refractivity contribution in [1.29, 1.82) is 0 Å². The van der Waals surface area contributed by atoms with Gasteiger partial charge in [-0.1, -0.05) is 6.07 Å². The molecule has 0 heterocycles. The van der Waals surface area contributed by atoms with Gasteiger partial charge in [0.15, 0.2) is 0 Å². The molecule has 1 aromatic carbocycles. The number of nitrogens with zero attached hydrogens (tertiary/aromatic N) is 1. The van der Waals surface area contributed by atoms with Gasteiger partial charge in [0.2, 0.25) is 0 Å². The van der Waals surface area contributed by atoms with Crippen LogP contribution in [0.15, 0.2) is 24.3 Å². The Morgan fingerprint density at radius 1 is 0.963 bits per heavy atom. The summed E-state index contributed by atoms with van der Waals surface area (Å²) in [6.07, 6.45) is -6.92. The molecule has 2 amide bonds. The first kappa shape index (κ1) is 22.4. The van der Waals surface area contributed by atoms with E-state index in [0.29, 0.717) is 5.01 Å². The lowest BCUT2D eigenvalue weighted by atomic mass is 10.2. The molecule has 0 atom stereocenters. The summed E-state index contributed by atoms with van der Waals surface area (Å²) in [6.45, 7) is 9.63. The summed E-state index contributed by atoms with van der Waals surface area (Å²) in [5.74, 6) is -0.570. The highest BCUT2D eigenvalue weighted by molar-refractivity contribution is 5.91. The van der Waals surface area contributed by atoms with Crippen LogP contribution in [0.25, 0.3) is 0 Å². The topological polar surface area (TPSA) is 77.1 Å². The van der Waals surface area contributed by atoms with Gasteiger partial charge in [-0.3, -0.25) is 0 Å². The molecule has 1 N–H and O–H groups in total. The Balaban J connectivity index is 3.15. The van der Waals surface area contributed by atoms with E-state index in [1.54, 1.807) is 41.5 Å². The molecule has 0 saturated carbocycles. The third-order valence-corrected chi connectivity index (χ3v) is 2.49. The van der Waals surface area contributed by atoms with E-state index in [9.17, 15) is 22.8 Å². The van der Waals surface area contributed by atoms with Gasteiger partial charge in [-0.15, -0.1) is 13.2 Å². The molecule has 0 bridgehead atoms. The third kappa shape index (κ3) is 9.02. The fraction of sp³-hybridized carbons (Fsp3) is 0.529. The van der Waals surface area contributed by atoms with Gasteiger partial charge < -0.3 is 14.2 Å². The molecule has 0 aliphatic heterocycles. The number of alkyl halides is 3. The second-order valence-corrected chi connectivity index (χ2v) is 7.47. The number of hydrogen-bond acceptors (Lipinski definition) is 5. The molecule has 0 aliphatic carbocycles. The number of hydrazine groups is 1. The molecule has 0 fully saturated rings. The Bertz CT molecular complexity index is 678. The van der Waals surface area contributed by atoms with Crippen molar-refractivity contribution in [1.82, 2.24) is 5.43 Å². The first-order valence-electron chi connectivity index (χ1n) is 7.94. The highest BCUT2D eigenvalue weighted by Gasteiger charge is 2.32. The van der Waals surface area contributed by atoms with Crippen LogP contribution in [0.5, 0.6) is 5.75 Å². The summed E-state index contributed by atoms with van der Waals surface area (Å²) in [5, 5.41) is 0.641. The zero-order chi connectivity index (χ0) is 21.0. The first-order chi connectivity index (χ1) is 12.1. The van der Waals surface area contributed by atoms with Crippen LogP contribution >= 0.6 is 0 Å². The number of carbonyl (C=O) groups excluding carboxylic acids is 2. The van der Waals surface area contributed by atoms with Crippen molar-refractivity contribution in [3.8, 4) is 5.75 Å². The van der Waals surface area contributed by atoms with Crippen molar-refractivity contribution in [2.24, 2.45) is 0 Å². The number of anilines is 1. The van der Waals surface area contributed by atoms with Gasteiger partial charge in [0.25, 0.3) is 0 Å². The molecule has 7 nitrogen and oxygen atoms in total. The normalized spacial score (nSPS) is 12.2. The molecule has 152 valence electrons. The van der Waals surface area contributed by atoms with Crippen LogP contribution in [-0.4, -0.2) is 29.8 Å². The van der Waals surface area contributed by atoms with Crippen molar-refractivity contribution in [3.05, 3.63) is 24.3 Å². The van der Waals surface area contributed by atoms with Crippen LogP contribution in [0.2, 0.25) is 0 Å². The van der Waals surface area contributed by atoms with Crippen LogP contribution in [-0.2, 0) is 9.47 Å². The van der Waals surface area contributed by atoms with Gasteiger partial charge in [0.1, 0.15) is 17.0 Å². The predicted molar refractivity (Wildman–Crippen MR) is 91.2 cm³/mol. The number of rotatable bonds is 2. The summed E-state index contributed by atoms with van der Waals surface area (Å²) in [4.78, 5) is 24.5. The van der Waals surface area contributed by atoms with E-state index in [1.807, 2.05) is 0 Å². The molecular formula is C17H23F3N2O5. The van der Waals surface area contributed by atoms with Crippen molar-refractivity contribution in [2.45, 2.75) is 59.1 Å². The summed E-state index contributed by atoms with van der Waals surface area (Å²) in [6, 6.07) is 4.50. The number of ether oxygens (including phenoxy) is 3. The maximum absolute atomic E-state index is 12.4. The Labute approximate surface area is 155 Å². The lowest BCUT2D eigenvalue weighted by Crippen LogP contribution is -2.50. The van der Waals surface area contributed by atoms with Crippen molar-refractivity contribution in [3.63, 3.8) is 0 Å². The smallest absolute Gasteiger partial charge is 0.443 e. The lowest BCUT2D eigenvalue weighted by Gasteiger charge is -2.29. The SMILES string of the molecule is CC(C)(C)OC(=O)NN(C(=O)OC(C)(C)C)c1cccc(OC(F)(F)F)c1. The minimum absolute atomic E-state index is 0.114. The molecule has 1 rings (SSSR count). The van der Waals surface area contributed by atoms with Crippen molar-refractivity contribution >= 4 is 17.9 Å². The van der Waals surface area contributed by atoms with Crippen LogP contribution in [0.4, 0.5) is 28.4 Å². The van der Waals surface area contributed by atoms with Crippen molar-refractivity contribution in [2.75, 3.05) is 5.01 Å². The minimum atomic E-state index is -4.91. The van der Waals surface area contributed by atoms with Gasteiger partial charge in [-0.25, -0.2) is 15.0 Å². The third-order valence-electron chi connectivity index (χ3n) is 2.49. The highest BCUT2D eigenvalue weighted by atomic mass is 19.4. The van der Waals surface area contributed by atoms with E-state index in [4.69, 9.17) is 9.47 Å². The molecule has 27 heavy (non-hydrogen) atoms. The van der Waals surface area contributed by atoms with E-state index in [1.165, 1.54) is 12.1 Å². The molecular weight excluding hydrogens is 369 g/mol. The van der Waals surface area contributed by atoms with Crippen LogP contribution in [0.1, 0.15) is 41.5 Å². The average Bonchev–Trinajstić information content (AvgIpc) is 2.39. The Morgan fingerprint density at radius 3 is 2.00 bits per heavy atom. The number of carbonyl (C=O) groups is 2. The maximum Gasteiger partial charge on any atom is 0.573 e. The summed E-state index contributed by atoms with van der Waals surface area (Å²) in [7, 11) is 0. The molecule has 0 spiro atoms. The summed E-state index contributed by atoms with van der Waals surface area (Å²) >= 11 is 0. The molecule has 0 aromatic heterocycles. The zero-order valence-electron chi connectivity index (χ0n) is 15.9. The molecule has 0 aliphatic rings. The van der Waals surface area contributed by atoms with Gasteiger partial charge in [0.05, 0.1) is 5.69 Å². The quantitative estimate of drug-likeness (QED) is 0.734. The Hall–Kier alpha value is -2.65. The minimum Gasteiger partial charge on any atom is -0.443 e. The largest absolute Gasteiger partial charge is 0.573 e. The fourth-order valence-corrected chi connectivity index (χ4v) is 1.74. The number of amides is 2. The second-order valence-electron chi connectivity index (χ2n) is 7.47. The van der Waals surface area contributed by atoms with E-state index < -0.39 is 35.5 Å². The Morgan fingerprint density at radius 2 is 1.52 bits per heavy atom. The van der Waals surface area contributed by atoms with Crippen LogP contribution in [0, 0.1) is 0 Å². The average molecular weight is 392 g/mol. The molecule has 1 aromatic rings. The second kappa shape index (κ2) is 7.93. The number of halogens is 3. The van der Waals surface area contributed by atoms with Gasteiger partial charge >= 0.3 is 18.5 Å². The first-order valence-corrected chi connectivity index (χ1v) is 7.94.